The molecule has 0 unspecified atom stereocenters. The SMILES string of the molecule is Cc1cn([C@H]2C=C[C@@](/C=C\Cl)(COS(=O)(=O)C(F)(F)F)O2)c(=O)[nH]c1=O. The Balaban J connectivity index is 2.29. The Morgan fingerprint density at radius 1 is 1.46 bits per heavy atom. The molecule has 0 fully saturated rings. The number of aryl methyl sites for hydroxylation is 1. The van der Waals surface area contributed by atoms with Crippen LogP contribution in [0.4, 0.5) is 13.2 Å². The van der Waals surface area contributed by atoms with E-state index >= 15 is 0 Å². The van der Waals surface area contributed by atoms with Gasteiger partial charge >= 0.3 is 21.3 Å². The number of nitrogens with zero attached hydrogens (tertiary/aromatic N) is 1. The minimum Gasteiger partial charge on any atom is -0.337 e. The van der Waals surface area contributed by atoms with E-state index in [-0.39, 0.29) is 5.56 Å². The van der Waals surface area contributed by atoms with Gasteiger partial charge < -0.3 is 4.74 Å². The fourth-order valence-corrected chi connectivity index (χ4v) is 2.73. The van der Waals surface area contributed by atoms with E-state index in [1.165, 1.54) is 25.3 Å². The first-order valence-electron chi connectivity index (χ1n) is 6.84. The summed E-state index contributed by atoms with van der Waals surface area (Å²) in [6.45, 7) is 0.362. The Kier molecular flexibility index (Phi) is 5.52. The fourth-order valence-electron chi connectivity index (χ4n) is 2.04. The molecular formula is C13H12ClF3N2O6S. The first-order chi connectivity index (χ1) is 11.9. The Labute approximate surface area is 149 Å². The van der Waals surface area contributed by atoms with Crippen molar-refractivity contribution in [3.63, 3.8) is 0 Å². The lowest BCUT2D eigenvalue weighted by molar-refractivity contribution is -0.0710. The van der Waals surface area contributed by atoms with Crippen LogP contribution in [0.25, 0.3) is 0 Å². The van der Waals surface area contributed by atoms with E-state index < -0.39 is 45.3 Å². The van der Waals surface area contributed by atoms with Crippen LogP contribution in [0.2, 0.25) is 0 Å². The van der Waals surface area contributed by atoms with Gasteiger partial charge in [0.1, 0.15) is 12.2 Å². The maximum Gasteiger partial charge on any atom is 0.523 e. The van der Waals surface area contributed by atoms with E-state index in [9.17, 15) is 31.2 Å². The van der Waals surface area contributed by atoms with Gasteiger partial charge in [-0.05, 0) is 25.2 Å². The van der Waals surface area contributed by atoms with Gasteiger partial charge in [-0.1, -0.05) is 11.6 Å². The smallest absolute Gasteiger partial charge is 0.337 e. The molecule has 0 bridgehead atoms. The number of H-pyrrole nitrogens is 1. The zero-order valence-electron chi connectivity index (χ0n) is 13.0. The van der Waals surface area contributed by atoms with Gasteiger partial charge in [-0.2, -0.15) is 21.6 Å². The van der Waals surface area contributed by atoms with Gasteiger partial charge in [0.2, 0.25) is 0 Å². The predicted octanol–water partition coefficient (Wildman–Crippen LogP) is 1.29. The summed E-state index contributed by atoms with van der Waals surface area (Å²) in [6, 6.07) is 0. The van der Waals surface area contributed by atoms with Gasteiger partial charge in [0.25, 0.3) is 5.56 Å². The summed E-state index contributed by atoms with van der Waals surface area (Å²) in [7, 11) is -5.85. The summed E-state index contributed by atoms with van der Waals surface area (Å²) in [4.78, 5) is 25.3. The molecule has 8 nitrogen and oxygen atoms in total. The third-order valence-electron chi connectivity index (χ3n) is 3.37. The first-order valence-corrected chi connectivity index (χ1v) is 8.68. The summed E-state index contributed by atoms with van der Waals surface area (Å²) in [5.41, 5.74) is -7.73. The highest BCUT2D eigenvalue weighted by Crippen LogP contribution is 2.33. The highest BCUT2D eigenvalue weighted by atomic mass is 35.5. The van der Waals surface area contributed by atoms with E-state index in [1.807, 2.05) is 4.98 Å². The number of alkyl halides is 3. The van der Waals surface area contributed by atoms with Crippen molar-refractivity contribution >= 4 is 21.7 Å². The molecule has 2 rings (SSSR count). The monoisotopic (exact) mass is 416 g/mol. The molecule has 0 saturated heterocycles. The second-order valence-electron chi connectivity index (χ2n) is 5.26. The highest BCUT2D eigenvalue weighted by Gasteiger charge is 2.49. The molecule has 2 heterocycles. The van der Waals surface area contributed by atoms with Crippen molar-refractivity contribution < 1.29 is 30.5 Å². The maximum atomic E-state index is 12.4. The zero-order chi connectivity index (χ0) is 19.8. The summed E-state index contributed by atoms with van der Waals surface area (Å²) < 4.78 is 69.8. The third-order valence-corrected chi connectivity index (χ3v) is 4.49. The van der Waals surface area contributed by atoms with Crippen LogP contribution in [0.5, 0.6) is 0 Å². The summed E-state index contributed by atoms with van der Waals surface area (Å²) >= 11 is 5.44. The van der Waals surface area contributed by atoms with Crippen molar-refractivity contribution in [3.8, 4) is 0 Å². The number of rotatable bonds is 5. The Morgan fingerprint density at radius 3 is 2.69 bits per heavy atom. The molecule has 1 aromatic heterocycles. The van der Waals surface area contributed by atoms with Crippen LogP contribution in [0.3, 0.4) is 0 Å². The molecule has 0 radical (unpaired) electrons. The molecule has 0 aliphatic carbocycles. The second kappa shape index (κ2) is 7.02. The number of ether oxygens (including phenoxy) is 1. The minimum absolute atomic E-state index is 0.183. The number of aromatic nitrogens is 2. The van der Waals surface area contributed by atoms with Crippen LogP contribution in [0, 0.1) is 6.92 Å². The average Bonchev–Trinajstić information content (AvgIpc) is 2.93. The van der Waals surface area contributed by atoms with Crippen LogP contribution in [-0.2, 0) is 19.0 Å². The molecule has 1 aliphatic heterocycles. The van der Waals surface area contributed by atoms with Crippen molar-refractivity contribution in [2.75, 3.05) is 6.61 Å². The van der Waals surface area contributed by atoms with Crippen LogP contribution in [0.15, 0.2) is 39.5 Å². The Bertz CT molecular complexity index is 965. The van der Waals surface area contributed by atoms with Crippen molar-refractivity contribution in [3.05, 3.63) is 56.4 Å². The lowest BCUT2D eigenvalue weighted by atomic mass is 10.1. The normalized spacial score (nSPS) is 23.8. The van der Waals surface area contributed by atoms with Gasteiger partial charge in [-0.15, -0.1) is 0 Å². The van der Waals surface area contributed by atoms with Gasteiger partial charge in [0.05, 0.1) is 0 Å². The highest BCUT2D eigenvalue weighted by molar-refractivity contribution is 7.87. The molecule has 13 heteroatoms. The van der Waals surface area contributed by atoms with Crippen molar-refractivity contribution in [2.24, 2.45) is 0 Å². The zero-order valence-corrected chi connectivity index (χ0v) is 14.6. The molecule has 0 spiro atoms. The second-order valence-corrected chi connectivity index (χ2v) is 7.11. The third kappa shape index (κ3) is 4.09. The maximum absolute atomic E-state index is 12.4. The standard InChI is InChI=1S/C13H12ClF3N2O6S/c1-8-6-19(11(21)18-10(8)20)9-2-3-12(25-9,4-5-14)7-24-26(22,23)13(15,16)17/h2-6,9H,7H2,1H3,(H,18,20,21)/b5-4-/t9-,12-/m1/s1. The van der Waals surface area contributed by atoms with Gasteiger partial charge in [0, 0.05) is 17.3 Å². The number of hydrogen-bond acceptors (Lipinski definition) is 6. The molecule has 2 atom stereocenters. The van der Waals surface area contributed by atoms with Crippen LogP contribution in [0.1, 0.15) is 11.8 Å². The van der Waals surface area contributed by atoms with E-state index in [1.54, 1.807) is 0 Å². The first kappa shape index (κ1) is 20.4. The Morgan fingerprint density at radius 2 is 2.12 bits per heavy atom. The Hall–Kier alpha value is -1.89. The summed E-state index contributed by atoms with van der Waals surface area (Å²) in [5.74, 6) is 0. The summed E-state index contributed by atoms with van der Waals surface area (Å²) in [5, 5.41) is 0. The van der Waals surface area contributed by atoms with E-state index in [4.69, 9.17) is 16.3 Å². The molecule has 1 aliphatic rings. The molecular weight excluding hydrogens is 405 g/mol. The van der Waals surface area contributed by atoms with Crippen molar-refractivity contribution in [2.45, 2.75) is 24.3 Å². The van der Waals surface area contributed by atoms with E-state index in [2.05, 4.69) is 4.18 Å². The minimum atomic E-state index is -5.85. The van der Waals surface area contributed by atoms with Crippen LogP contribution < -0.4 is 11.2 Å². The molecule has 144 valence electrons. The number of nitrogens with one attached hydrogen (secondary N) is 1. The molecule has 1 N–H and O–H groups in total. The molecule has 0 amide bonds. The van der Waals surface area contributed by atoms with E-state index in [0.29, 0.717) is 0 Å². The van der Waals surface area contributed by atoms with Crippen molar-refractivity contribution in [1.82, 2.24) is 9.55 Å². The predicted molar refractivity (Wildman–Crippen MR) is 84.0 cm³/mol. The number of aromatic amines is 1. The van der Waals surface area contributed by atoms with Gasteiger partial charge in [0.15, 0.2) is 6.23 Å². The lowest BCUT2D eigenvalue weighted by Crippen LogP contribution is -2.38. The van der Waals surface area contributed by atoms with Crippen molar-refractivity contribution in [1.29, 1.82) is 0 Å². The number of halogens is 4. The molecule has 0 saturated carbocycles. The largest absolute Gasteiger partial charge is 0.523 e. The fraction of sp³-hybridized carbons (Fsp3) is 0.385. The van der Waals surface area contributed by atoms with E-state index in [0.717, 1.165) is 16.2 Å². The molecule has 26 heavy (non-hydrogen) atoms. The molecule has 0 aromatic carbocycles. The topological polar surface area (TPSA) is 107 Å². The summed E-state index contributed by atoms with van der Waals surface area (Å²) in [6.07, 6.45) is 3.57. The van der Waals surface area contributed by atoms with Crippen LogP contribution >= 0.6 is 11.6 Å². The number of hydrogen-bond donors (Lipinski definition) is 1. The quantitative estimate of drug-likeness (QED) is 0.440. The van der Waals surface area contributed by atoms with Gasteiger partial charge in [-0.3, -0.25) is 18.5 Å². The van der Waals surface area contributed by atoms with Gasteiger partial charge in [-0.25, -0.2) is 4.79 Å². The average molecular weight is 417 g/mol. The molecule has 1 aromatic rings. The van der Waals surface area contributed by atoms with Crippen LogP contribution in [-0.4, -0.2) is 35.7 Å². The lowest BCUT2D eigenvalue weighted by Gasteiger charge is -2.26.